The minimum atomic E-state index is -0.266. The second kappa shape index (κ2) is 2.71. The quantitative estimate of drug-likeness (QED) is 0.499. The first kappa shape index (κ1) is 7.49. The first-order valence-corrected chi connectivity index (χ1v) is 5.72. The summed E-state index contributed by atoms with van der Waals surface area (Å²) in [5, 5.41) is 0. The number of carbonyl (C=O) groups excluding carboxylic acids is 1. The molecule has 0 fully saturated rings. The van der Waals surface area contributed by atoms with Crippen LogP contribution in [0, 0.1) is 0 Å². The fourth-order valence-electron chi connectivity index (χ4n) is 0.934. The highest BCUT2D eigenvalue weighted by molar-refractivity contribution is 14.2. The predicted molar refractivity (Wildman–Crippen MR) is 52.0 cm³/mol. The third-order valence-corrected chi connectivity index (χ3v) is 3.98. The molecule has 0 amide bonds. The number of esters is 1. The van der Waals surface area contributed by atoms with Gasteiger partial charge in [-0.05, 0) is 10.1 Å². The van der Waals surface area contributed by atoms with Crippen LogP contribution in [-0.2, 0) is 9.53 Å². The second-order valence-electron chi connectivity index (χ2n) is 2.17. The average molecular weight is 282 g/mol. The molecule has 2 nitrogen and oxygen atoms in total. The predicted octanol–water partition coefficient (Wildman–Crippen LogP) is 1.71. The normalized spacial score (nSPS) is 22.3. The lowest BCUT2D eigenvalue weighted by molar-refractivity contribution is -0.135. The number of rotatable bonds is 0. The van der Waals surface area contributed by atoms with Gasteiger partial charge in [0.1, 0.15) is 6.61 Å². The average Bonchev–Trinajstić information content (AvgIpc) is 2.32. The molecule has 2 heterocycles. The van der Waals surface area contributed by atoms with Crippen LogP contribution >= 0.6 is 32.3 Å². The lowest BCUT2D eigenvalue weighted by Gasteiger charge is -1.97. The number of halogens is 2. The molecule has 0 atom stereocenters. The molecule has 11 heavy (non-hydrogen) atoms. The zero-order valence-electron chi connectivity index (χ0n) is 5.43. The highest BCUT2D eigenvalue weighted by Gasteiger charge is 2.23. The third-order valence-electron chi connectivity index (χ3n) is 1.48. The number of cyclic esters (lactones) is 1. The molecule has 0 aromatic carbocycles. The van der Waals surface area contributed by atoms with Crippen LogP contribution in [0.4, 0.5) is 0 Å². The van der Waals surface area contributed by atoms with Gasteiger partial charge in [0.15, 0.2) is 0 Å². The summed E-state index contributed by atoms with van der Waals surface area (Å²) < 4.78 is 7.62. The molecule has 2 rings (SSSR count). The molecule has 0 saturated carbocycles. The lowest BCUT2D eigenvalue weighted by atomic mass is 10.2. The van der Waals surface area contributed by atoms with Crippen LogP contribution in [-0.4, -0.2) is 16.6 Å². The van der Waals surface area contributed by atoms with Gasteiger partial charge in [-0.2, -0.15) is 0 Å². The van der Waals surface area contributed by atoms with E-state index >= 15 is 0 Å². The Kier molecular flexibility index (Phi) is 1.85. The van der Waals surface area contributed by atoms with E-state index < -0.39 is 0 Å². The van der Waals surface area contributed by atoms with E-state index in [2.05, 4.69) is 0 Å². The monoisotopic (exact) mass is 282 g/mol. The van der Waals surface area contributed by atoms with E-state index in [-0.39, 0.29) is 26.7 Å². The van der Waals surface area contributed by atoms with E-state index in [0.717, 1.165) is 14.2 Å². The van der Waals surface area contributed by atoms with Crippen LogP contribution in [0.1, 0.15) is 0 Å². The van der Waals surface area contributed by atoms with Crippen molar-refractivity contribution in [2.45, 2.75) is 0 Å². The molecule has 0 saturated heterocycles. The summed E-state index contributed by atoms with van der Waals surface area (Å²) in [6, 6.07) is 0. The molecule has 0 bridgehead atoms. The van der Waals surface area contributed by atoms with Crippen molar-refractivity contribution in [1.29, 1.82) is 0 Å². The summed E-state index contributed by atoms with van der Waals surface area (Å²) in [5.41, 5.74) is 1.67. The van der Waals surface area contributed by atoms with Gasteiger partial charge < -0.3 is 4.74 Å². The summed E-state index contributed by atoms with van der Waals surface area (Å²) in [6.45, 7) is 0.393. The fourth-order valence-corrected chi connectivity index (χ4v) is 3.16. The summed E-state index contributed by atoms with van der Waals surface area (Å²) in [5.74, 6) is -0.194. The van der Waals surface area contributed by atoms with Crippen LogP contribution in [0.15, 0.2) is 20.3 Å². The number of hydrogen-bond acceptors (Lipinski definition) is 2. The largest absolute Gasteiger partial charge is 0.457 e. The zero-order valence-corrected chi connectivity index (χ0v) is 8.35. The Hall–Kier alpha value is -0.160. The number of hydrogen-bond donors (Lipinski definition) is 0. The van der Waals surface area contributed by atoms with E-state index in [9.17, 15) is 4.79 Å². The van der Waals surface area contributed by atoms with Crippen molar-refractivity contribution < 1.29 is 9.53 Å². The molecule has 4 heteroatoms. The summed E-state index contributed by atoms with van der Waals surface area (Å²) in [7, 11) is 0. The third kappa shape index (κ3) is 1.27. The Balaban J connectivity index is 2.48. The lowest BCUT2D eigenvalue weighted by Crippen LogP contribution is -1.99. The minimum Gasteiger partial charge on any atom is -0.457 e. The van der Waals surface area contributed by atoms with Crippen molar-refractivity contribution in [2.24, 2.45) is 0 Å². The van der Waals surface area contributed by atoms with Gasteiger partial charge in [-0.15, -0.1) is 0 Å². The van der Waals surface area contributed by atoms with Crippen LogP contribution in [0.2, 0.25) is 0 Å². The number of carbonyl (C=O) groups is 1. The van der Waals surface area contributed by atoms with Crippen molar-refractivity contribution in [3.63, 3.8) is 0 Å². The minimum absolute atomic E-state index is 0.194. The van der Waals surface area contributed by atoms with E-state index in [4.69, 9.17) is 16.3 Å². The number of ether oxygens (including phenoxy) is 1. The van der Waals surface area contributed by atoms with Crippen LogP contribution in [0.3, 0.4) is 0 Å². The summed E-state index contributed by atoms with van der Waals surface area (Å²) in [6.07, 6.45) is 1.86. The Morgan fingerprint density at radius 1 is 1.64 bits per heavy atom. The maximum Gasteiger partial charge on any atom is 0.339 e. The highest BCUT2D eigenvalue weighted by Crippen LogP contribution is 2.30. The SMILES string of the molecule is O=C1OCC2=C1C=IC(Cl)=C2. The molecule has 0 aliphatic carbocycles. The van der Waals surface area contributed by atoms with Gasteiger partial charge in [0.25, 0.3) is 0 Å². The molecular weight excluding hydrogens is 278 g/mol. The first-order chi connectivity index (χ1) is 5.27. The topological polar surface area (TPSA) is 26.3 Å². The molecule has 0 unspecified atom stereocenters. The molecule has 0 N–H and O–H groups in total. The maximum absolute atomic E-state index is 10.9. The van der Waals surface area contributed by atoms with E-state index in [1.807, 2.05) is 10.1 Å². The standard InChI is InChI=1S/C7H4ClIO2/c8-6-1-4-3-11-7(10)5(4)2-9-6/h1-2H,3H2. The van der Waals surface area contributed by atoms with Gasteiger partial charge in [0.05, 0.1) is 8.61 Å². The fraction of sp³-hybridized carbons (Fsp3) is 0.143. The maximum atomic E-state index is 10.9. The summed E-state index contributed by atoms with van der Waals surface area (Å²) >= 11 is 5.54. The summed E-state index contributed by atoms with van der Waals surface area (Å²) in [4.78, 5) is 10.9. The van der Waals surface area contributed by atoms with Crippen molar-refractivity contribution in [3.05, 3.63) is 20.3 Å². The highest BCUT2D eigenvalue weighted by atomic mass is 127. The second-order valence-corrected chi connectivity index (χ2v) is 5.62. The molecule has 0 aromatic rings. The molecule has 0 spiro atoms. The van der Waals surface area contributed by atoms with E-state index in [1.165, 1.54) is 0 Å². The molecule has 0 aromatic heterocycles. The first-order valence-electron chi connectivity index (χ1n) is 3.01. The van der Waals surface area contributed by atoms with Gasteiger partial charge in [-0.25, -0.2) is 4.79 Å². The molecule has 2 aliphatic rings. The molecule has 2 aliphatic heterocycles. The van der Waals surface area contributed by atoms with Gasteiger partial charge in [-0.3, -0.25) is 0 Å². The molecule has 58 valence electrons. The van der Waals surface area contributed by atoms with Crippen molar-refractivity contribution in [1.82, 2.24) is 0 Å². The van der Waals surface area contributed by atoms with Crippen molar-refractivity contribution >= 4 is 42.3 Å². The van der Waals surface area contributed by atoms with E-state index in [0.29, 0.717) is 6.61 Å². The smallest absolute Gasteiger partial charge is 0.339 e. The Labute approximate surface area is 78.6 Å². The van der Waals surface area contributed by atoms with E-state index in [1.54, 1.807) is 0 Å². The Morgan fingerprint density at radius 3 is 3.27 bits per heavy atom. The zero-order chi connectivity index (χ0) is 7.84. The van der Waals surface area contributed by atoms with Crippen molar-refractivity contribution in [3.8, 4) is 0 Å². The molecular formula is C7H4ClIO2. The van der Waals surface area contributed by atoms with Crippen LogP contribution in [0.5, 0.6) is 0 Å². The Morgan fingerprint density at radius 2 is 2.45 bits per heavy atom. The van der Waals surface area contributed by atoms with Gasteiger partial charge in [-0.1, -0.05) is 32.3 Å². The van der Waals surface area contributed by atoms with Gasteiger partial charge in [0, 0.05) is 5.57 Å². The molecule has 0 radical (unpaired) electrons. The van der Waals surface area contributed by atoms with Crippen LogP contribution < -0.4 is 0 Å². The van der Waals surface area contributed by atoms with Gasteiger partial charge in [0.2, 0.25) is 0 Å². The van der Waals surface area contributed by atoms with Crippen molar-refractivity contribution in [2.75, 3.05) is 6.61 Å². The van der Waals surface area contributed by atoms with Crippen LogP contribution in [0.25, 0.3) is 0 Å². The Bertz CT molecular complexity index is 314. The van der Waals surface area contributed by atoms with Gasteiger partial charge >= 0.3 is 5.97 Å².